The maximum Gasteiger partial charge on any atom is 0.272 e. The number of nitrogens with one attached hydrogen (secondary N) is 3. The number of rotatable bonds is 10. The van der Waals surface area contributed by atoms with Crippen molar-refractivity contribution in [2.24, 2.45) is 0 Å². The number of amides is 3. The van der Waals surface area contributed by atoms with Gasteiger partial charge in [-0.2, -0.15) is 0 Å². The van der Waals surface area contributed by atoms with E-state index in [9.17, 15) is 14.4 Å². The Kier molecular flexibility index (Phi) is 9.83. The van der Waals surface area contributed by atoms with E-state index in [4.69, 9.17) is 11.6 Å². The van der Waals surface area contributed by atoms with E-state index in [1.54, 1.807) is 84.1 Å². The smallest absolute Gasteiger partial charge is 0.272 e. The van der Waals surface area contributed by atoms with Gasteiger partial charge in [-0.15, -0.1) is 34.4 Å². The summed E-state index contributed by atoms with van der Waals surface area (Å²) in [6.45, 7) is 0. The topological polar surface area (TPSA) is 100 Å². The van der Waals surface area contributed by atoms with Crippen LogP contribution in [0, 0.1) is 0 Å². The first kappa shape index (κ1) is 29.3. The Labute approximate surface area is 259 Å². The monoisotopic (exact) mass is 630 g/mol. The largest absolute Gasteiger partial charge is 0.321 e. The van der Waals surface area contributed by atoms with Gasteiger partial charge in [-0.3, -0.25) is 14.4 Å². The van der Waals surface area contributed by atoms with Gasteiger partial charge in [-0.05, 0) is 59.5 Å². The molecule has 5 aromatic rings. The fourth-order valence-electron chi connectivity index (χ4n) is 3.72. The van der Waals surface area contributed by atoms with Gasteiger partial charge in [-0.25, -0.2) is 4.98 Å². The third-order valence-corrected chi connectivity index (χ3v) is 8.71. The molecule has 2 heterocycles. The highest BCUT2D eigenvalue weighted by Crippen LogP contribution is 2.29. The summed E-state index contributed by atoms with van der Waals surface area (Å²) < 4.78 is 0. The molecule has 11 heteroatoms. The lowest BCUT2D eigenvalue weighted by molar-refractivity contribution is -0.114. The van der Waals surface area contributed by atoms with E-state index in [0.29, 0.717) is 27.0 Å². The second-order valence-corrected chi connectivity index (χ2v) is 12.0. The minimum absolute atomic E-state index is 0.0275. The number of anilines is 2. The number of thiophene rings is 1. The molecule has 3 N–H and O–H groups in total. The number of hydrogen-bond donors (Lipinski definition) is 3. The highest BCUT2D eigenvalue weighted by Gasteiger charge is 2.16. The summed E-state index contributed by atoms with van der Waals surface area (Å²) >= 11 is 10.6. The van der Waals surface area contributed by atoms with Gasteiger partial charge < -0.3 is 16.0 Å². The minimum Gasteiger partial charge on any atom is -0.321 e. The zero-order valence-electron chi connectivity index (χ0n) is 21.9. The summed E-state index contributed by atoms with van der Waals surface area (Å²) in [5.74, 6) is -0.975. The fourth-order valence-corrected chi connectivity index (χ4v) is 6.16. The van der Waals surface area contributed by atoms with E-state index in [0.717, 1.165) is 15.5 Å². The van der Waals surface area contributed by atoms with Crippen LogP contribution in [0.4, 0.5) is 10.8 Å². The maximum absolute atomic E-state index is 13.3. The quantitative estimate of drug-likeness (QED) is 0.109. The Morgan fingerprint density at radius 1 is 0.881 bits per heavy atom. The third kappa shape index (κ3) is 7.95. The normalized spacial score (nSPS) is 11.1. The highest BCUT2D eigenvalue weighted by molar-refractivity contribution is 8.00. The van der Waals surface area contributed by atoms with Crippen LogP contribution in [0.2, 0.25) is 5.02 Å². The highest BCUT2D eigenvalue weighted by atomic mass is 35.5. The molecule has 0 aliphatic carbocycles. The molecule has 0 unspecified atom stereocenters. The molecule has 0 atom stereocenters. The Hall–Kier alpha value is -4.22. The molecule has 0 fully saturated rings. The zero-order chi connectivity index (χ0) is 29.3. The number of thioether (sulfide) groups is 1. The van der Waals surface area contributed by atoms with Crippen molar-refractivity contribution in [3.8, 4) is 10.6 Å². The van der Waals surface area contributed by atoms with Crippen LogP contribution < -0.4 is 16.0 Å². The zero-order valence-corrected chi connectivity index (χ0v) is 25.1. The van der Waals surface area contributed by atoms with E-state index in [2.05, 4.69) is 20.9 Å². The number of thiazole rings is 1. The van der Waals surface area contributed by atoms with Gasteiger partial charge in [0.15, 0.2) is 5.13 Å². The molecule has 2 aromatic heterocycles. The molecule has 5 rings (SSSR count). The van der Waals surface area contributed by atoms with Crippen molar-refractivity contribution in [1.29, 1.82) is 0 Å². The van der Waals surface area contributed by atoms with Gasteiger partial charge in [0.1, 0.15) is 5.70 Å². The molecule has 0 saturated heterocycles. The van der Waals surface area contributed by atoms with Crippen molar-refractivity contribution in [2.45, 2.75) is 4.90 Å². The minimum atomic E-state index is -0.524. The van der Waals surface area contributed by atoms with Crippen molar-refractivity contribution in [3.05, 3.63) is 124 Å². The summed E-state index contributed by atoms with van der Waals surface area (Å²) in [7, 11) is 0. The molecule has 7 nitrogen and oxygen atoms in total. The van der Waals surface area contributed by atoms with Crippen LogP contribution in [0.3, 0.4) is 0 Å². The molecular weight excluding hydrogens is 608 g/mol. The predicted octanol–water partition coefficient (Wildman–Crippen LogP) is 7.67. The fraction of sp³-hybridized carbons (Fsp3) is 0.0323. The summed E-state index contributed by atoms with van der Waals surface area (Å²) in [5, 5.41) is 13.3. The van der Waals surface area contributed by atoms with Crippen molar-refractivity contribution < 1.29 is 14.4 Å². The van der Waals surface area contributed by atoms with Crippen LogP contribution in [0.15, 0.2) is 112 Å². The predicted molar refractivity (Wildman–Crippen MR) is 173 cm³/mol. The molecular formula is C31H23ClN4O3S3. The van der Waals surface area contributed by atoms with Crippen molar-refractivity contribution in [3.63, 3.8) is 0 Å². The summed E-state index contributed by atoms with van der Waals surface area (Å²) in [6.07, 6.45) is 1.53. The number of aromatic nitrogens is 1. The van der Waals surface area contributed by atoms with Crippen molar-refractivity contribution in [1.82, 2.24) is 10.3 Å². The van der Waals surface area contributed by atoms with E-state index >= 15 is 0 Å². The molecule has 42 heavy (non-hydrogen) atoms. The number of carbonyl (C=O) groups is 3. The van der Waals surface area contributed by atoms with Crippen LogP contribution >= 0.6 is 46.0 Å². The maximum atomic E-state index is 13.3. The first-order valence-corrected chi connectivity index (χ1v) is 15.7. The summed E-state index contributed by atoms with van der Waals surface area (Å²) in [5.41, 5.74) is 2.36. The van der Waals surface area contributed by atoms with Gasteiger partial charge in [0.25, 0.3) is 11.8 Å². The lowest BCUT2D eigenvalue weighted by atomic mass is 10.1. The van der Waals surface area contributed by atoms with E-state index < -0.39 is 11.8 Å². The Morgan fingerprint density at radius 3 is 2.48 bits per heavy atom. The van der Waals surface area contributed by atoms with E-state index in [1.165, 1.54) is 29.2 Å². The third-order valence-electron chi connectivity index (χ3n) is 5.72. The van der Waals surface area contributed by atoms with Crippen LogP contribution in [0.1, 0.15) is 15.9 Å². The van der Waals surface area contributed by atoms with Crippen LogP contribution in [0.5, 0.6) is 0 Å². The Morgan fingerprint density at radius 2 is 1.69 bits per heavy atom. The van der Waals surface area contributed by atoms with Crippen molar-refractivity contribution in [2.75, 3.05) is 16.4 Å². The molecule has 0 aliphatic heterocycles. The lowest BCUT2D eigenvalue weighted by Gasteiger charge is -2.12. The van der Waals surface area contributed by atoms with Crippen LogP contribution in [-0.4, -0.2) is 28.5 Å². The van der Waals surface area contributed by atoms with Gasteiger partial charge in [0, 0.05) is 26.5 Å². The second-order valence-electron chi connectivity index (χ2n) is 8.73. The van der Waals surface area contributed by atoms with Gasteiger partial charge in [0.2, 0.25) is 5.91 Å². The number of carbonyl (C=O) groups excluding carboxylic acids is 3. The molecule has 0 radical (unpaired) electrons. The number of halogens is 1. The molecule has 210 valence electrons. The van der Waals surface area contributed by atoms with E-state index in [1.807, 2.05) is 29.0 Å². The Bertz CT molecular complexity index is 1740. The SMILES string of the molecule is O=C(CSc1cccc(NC(=O)/C(=C\c2ccccc2Cl)NC(=O)c2ccccc2)c1)Nc1nc(-c2cccs2)cs1. The number of benzene rings is 3. The molecule has 0 spiro atoms. The van der Waals surface area contributed by atoms with Gasteiger partial charge in [-0.1, -0.05) is 60.1 Å². The lowest BCUT2D eigenvalue weighted by Crippen LogP contribution is -2.30. The summed E-state index contributed by atoms with van der Waals surface area (Å²) in [6, 6.07) is 26.7. The van der Waals surface area contributed by atoms with Crippen LogP contribution in [0.25, 0.3) is 16.6 Å². The Balaban J connectivity index is 1.24. The van der Waals surface area contributed by atoms with E-state index in [-0.39, 0.29) is 17.4 Å². The molecule has 3 amide bonds. The molecule has 3 aromatic carbocycles. The first-order valence-electron chi connectivity index (χ1n) is 12.6. The number of nitrogens with zero attached hydrogens (tertiary/aromatic N) is 1. The molecule has 0 bridgehead atoms. The molecule has 0 aliphatic rings. The molecule has 0 saturated carbocycles. The second kappa shape index (κ2) is 14.1. The number of hydrogen-bond acceptors (Lipinski definition) is 7. The summed E-state index contributed by atoms with van der Waals surface area (Å²) in [4.78, 5) is 45.1. The first-order chi connectivity index (χ1) is 20.4. The van der Waals surface area contributed by atoms with Gasteiger partial charge in [0.05, 0.1) is 16.3 Å². The van der Waals surface area contributed by atoms with Gasteiger partial charge >= 0.3 is 0 Å². The standard InChI is InChI=1S/C31H23ClN4O3S3/c32-24-13-5-4-10-21(24)16-25(34-29(38)20-8-2-1-3-9-20)30(39)33-22-11-6-12-23(17-22)41-19-28(37)36-31-35-26(18-42-31)27-14-7-15-40-27/h1-18H,19H2,(H,33,39)(H,34,38)(H,35,36,37)/b25-16+. The van der Waals surface area contributed by atoms with Crippen molar-refractivity contribution >= 4 is 80.7 Å². The van der Waals surface area contributed by atoms with Crippen LogP contribution in [-0.2, 0) is 9.59 Å². The average molecular weight is 631 g/mol. The average Bonchev–Trinajstić information content (AvgIpc) is 3.70.